The van der Waals surface area contributed by atoms with Crippen molar-refractivity contribution in [3.63, 3.8) is 0 Å². The summed E-state index contributed by atoms with van der Waals surface area (Å²) in [5, 5.41) is 6.15. The summed E-state index contributed by atoms with van der Waals surface area (Å²) in [5.41, 5.74) is 1.97. The second-order valence-electron chi connectivity index (χ2n) is 3.37. The lowest BCUT2D eigenvalue weighted by Gasteiger charge is -2.06. The van der Waals surface area contributed by atoms with Crippen molar-refractivity contribution in [2.24, 2.45) is 0 Å². The van der Waals surface area contributed by atoms with E-state index < -0.39 is 0 Å². The molecule has 0 fully saturated rings. The first-order valence-electron chi connectivity index (χ1n) is 5.16. The highest BCUT2D eigenvalue weighted by Gasteiger charge is 1.97. The molecule has 0 radical (unpaired) electrons. The molecule has 16 heavy (non-hydrogen) atoms. The highest BCUT2D eigenvalue weighted by molar-refractivity contribution is 5.71. The van der Waals surface area contributed by atoms with Crippen molar-refractivity contribution < 1.29 is 9.53 Å². The lowest BCUT2D eigenvalue weighted by atomic mass is 10.3. The monoisotopic (exact) mass is 223 g/mol. The Labute approximate surface area is 95.2 Å². The Kier molecular flexibility index (Phi) is 5.28. The first-order chi connectivity index (χ1) is 7.72. The van der Waals surface area contributed by atoms with Gasteiger partial charge in [0.1, 0.15) is 0 Å². The van der Waals surface area contributed by atoms with Gasteiger partial charge in [0.25, 0.3) is 0 Å². The Morgan fingerprint density at radius 3 is 2.88 bits per heavy atom. The van der Waals surface area contributed by atoms with Gasteiger partial charge in [0, 0.05) is 18.8 Å². The van der Waals surface area contributed by atoms with Crippen molar-refractivity contribution in [1.82, 2.24) is 10.3 Å². The van der Waals surface area contributed by atoms with Crippen molar-refractivity contribution in [3.05, 3.63) is 24.0 Å². The van der Waals surface area contributed by atoms with E-state index in [4.69, 9.17) is 0 Å². The lowest BCUT2D eigenvalue weighted by molar-refractivity contribution is -0.139. The first-order valence-corrected chi connectivity index (χ1v) is 5.16. The van der Waals surface area contributed by atoms with Gasteiger partial charge in [0.05, 0.1) is 25.5 Å². The number of carbonyl (C=O) groups excluding carboxylic acids is 1. The van der Waals surface area contributed by atoms with E-state index in [2.05, 4.69) is 20.4 Å². The molecule has 0 bridgehead atoms. The predicted molar refractivity (Wildman–Crippen MR) is 62.3 cm³/mol. The molecule has 0 aromatic carbocycles. The number of hydrogen-bond acceptors (Lipinski definition) is 5. The van der Waals surface area contributed by atoms with Gasteiger partial charge in [-0.05, 0) is 19.1 Å². The number of nitrogens with one attached hydrogen (secondary N) is 2. The second kappa shape index (κ2) is 6.79. The normalized spacial score (nSPS) is 9.88. The number of ether oxygens (including phenoxy) is 1. The van der Waals surface area contributed by atoms with Gasteiger partial charge in [-0.3, -0.25) is 9.78 Å². The molecule has 0 amide bonds. The Morgan fingerprint density at radius 1 is 1.44 bits per heavy atom. The Bertz CT molecular complexity index is 325. The van der Waals surface area contributed by atoms with Crippen LogP contribution in [-0.4, -0.2) is 37.7 Å². The molecular weight excluding hydrogens is 206 g/mol. The number of anilines is 1. The molecule has 0 spiro atoms. The number of methoxy groups -OCH3 is 1. The third-order valence-corrected chi connectivity index (χ3v) is 2.04. The highest BCUT2D eigenvalue weighted by atomic mass is 16.5. The molecule has 0 aliphatic carbocycles. The SMILES string of the molecule is COC(=O)CNCCNc1ccc(C)nc1. The summed E-state index contributed by atoms with van der Waals surface area (Å²) < 4.78 is 4.50. The summed E-state index contributed by atoms with van der Waals surface area (Å²) in [5.74, 6) is -0.253. The predicted octanol–water partition coefficient (Wildman–Crippen LogP) is 0.565. The third kappa shape index (κ3) is 4.75. The summed E-state index contributed by atoms with van der Waals surface area (Å²) in [6.45, 7) is 3.62. The van der Waals surface area contributed by atoms with Crippen molar-refractivity contribution >= 4 is 11.7 Å². The number of hydrogen-bond donors (Lipinski definition) is 2. The van der Waals surface area contributed by atoms with Crippen LogP contribution in [0.25, 0.3) is 0 Å². The van der Waals surface area contributed by atoms with Crippen LogP contribution in [0.5, 0.6) is 0 Å². The average molecular weight is 223 g/mol. The molecule has 0 saturated heterocycles. The molecule has 5 nitrogen and oxygen atoms in total. The van der Waals surface area contributed by atoms with E-state index in [9.17, 15) is 4.79 Å². The number of esters is 1. The number of aromatic nitrogens is 1. The van der Waals surface area contributed by atoms with E-state index in [0.717, 1.165) is 17.9 Å². The van der Waals surface area contributed by atoms with Crippen molar-refractivity contribution in [1.29, 1.82) is 0 Å². The molecule has 88 valence electrons. The molecule has 2 N–H and O–H groups in total. The number of pyridine rings is 1. The topological polar surface area (TPSA) is 63.2 Å². The van der Waals surface area contributed by atoms with Crippen molar-refractivity contribution in [3.8, 4) is 0 Å². The van der Waals surface area contributed by atoms with Crippen molar-refractivity contribution in [2.75, 3.05) is 32.1 Å². The smallest absolute Gasteiger partial charge is 0.319 e. The van der Waals surface area contributed by atoms with Crippen LogP contribution < -0.4 is 10.6 Å². The van der Waals surface area contributed by atoms with Gasteiger partial charge in [0.2, 0.25) is 0 Å². The van der Waals surface area contributed by atoms with E-state index in [-0.39, 0.29) is 12.5 Å². The number of carbonyl (C=O) groups is 1. The fourth-order valence-electron chi connectivity index (χ4n) is 1.13. The van der Waals surface area contributed by atoms with Gasteiger partial charge in [-0.1, -0.05) is 0 Å². The molecule has 0 atom stereocenters. The average Bonchev–Trinajstić information content (AvgIpc) is 2.31. The van der Waals surface area contributed by atoms with E-state index in [1.165, 1.54) is 7.11 Å². The van der Waals surface area contributed by atoms with Crippen LogP contribution in [0.3, 0.4) is 0 Å². The Balaban J connectivity index is 2.11. The van der Waals surface area contributed by atoms with Crippen LogP contribution in [0, 0.1) is 6.92 Å². The maximum Gasteiger partial charge on any atom is 0.319 e. The fraction of sp³-hybridized carbons (Fsp3) is 0.455. The van der Waals surface area contributed by atoms with Crippen molar-refractivity contribution in [2.45, 2.75) is 6.92 Å². The zero-order valence-electron chi connectivity index (χ0n) is 9.62. The molecule has 0 saturated carbocycles. The molecule has 1 rings (SSSR count). The van der Waals surface area contributed by atoms with Gasteiger partial charge in [0.15, 0.2) is 0 Å². The minimum atomic E-state index is -0.253. The minimum absolute atomic E-state index is 0.240. The van der Waals surface area contributed by atoms with E-state index >= 15 is 0 Å². The fourth-order valence-corrected chi connectivity index (χ4v) is 1.13. The maximum atomic E-state index is 10.8. The molecule has 1 heterocycles. The van der Waals surface area contributed by atoms with Gasteiger partial charge >= 0.3 is 5.97 Å². The summed E-state index contributed by atoms with van der Waals surface area (Å²) in [7, 11) is 1.38. The van der Waals surface area contributed by atoms with E-state index in [0.29, 0.717) is 6.54 Å². The molecular formula is C11H17N3O2. The molecule has 0 unspecified atom stereocenters. The largest absolute Gasteiger partial charge is 0.468 e. The van der Waals surface area contributed by atoms with Gasteiger partial charge in [-0.15, -0.1) is 0 Å². The van der Waals surface area contributed by atoms with Crippen LogP contribution in [0.15, 0.2) is 18.3 Å². The first kappa shape index (κ1) is 12.4. The molecule has 0 aliphatic rings. The van der Waals surface area contributed by atoms with Crippen LogP contribution in [-0.2, 0) is 9.53 Å². The lowest BCUT2D eigenvalue weighted by Crippen LogP contribution is -2.28. The molecule has 0 aliphatic heterocycles. The van der Waals surface area contributed by atoms with Crippen LogP contribution in [0.2, 0.25) is 0 Å². The standard InChI is InChI=1S/C11H17N3O2/c1-9-3-4-10(7-14-9)13-6-5-12-8-11(15)16-2/h3-4,7,12-13H,5-6,8H2,1-2H3. The minimum Gasteiger partial charge on any atom is -0.468 e. The van der Waals surface area contributed by atoms with E-state index in [1.807, 2.05) is 19.1 Å². The molecule has 1 aromatic rings. The van der Waals surface area contributed by atoms with Gasteiger partial charge < -0.3 is 15.4 Å². The Morgan fingerprint density at radius 2 is 2.25 bits per heavy atom. The summed E-state index contributed by atoms with van der Waals surface area (Å²) >= 11 is 0. The Hall–Kier alpha value is -1.62. The molecule has 1 aromatic heterocycles. The summed E-state index contributed by atoms with van der Waals surface area (Å²) in [6, 6.07) is 3.92. The zero-order valence-corrected chi connectivity index (χ0v) is 9.62. The van der Waals surface area contributed by atoms with Crippen LogP contribution in [0.4, 0.5) is 5.69 Å². The summed E-state index contributed by atoms with van der Waals surface area (Å²) in [6.07, 6.45) is 1.79. The zero-order chi connectivity index (χ0) is 11.8. The third-order valence-electron chi connectivity index (χ3n) is 2.04. The number of aryl methyl sites for hydroxylation is 1. The van der Waals surface area contributed by atoms with Gasteiger partial charge in [-0.25, -0.2) is 0 Å². The molecule has 5 heteroatoms. The van der Waals surface area contributed by atoms with E-state index in [1.54, 1.807) is 6.20 Å². The maximum absolute atomic E-state index is 10.8. The van der Waals surface area contributed by atoms with Crippen LogP contribution in [0.1, 0.15) is 5.69 Å². The second-order valence-corrected chi connectivity index (χ2v) is 3.37. The van der Waals surface area contributed by atoms with Crippen LogP contribution >= 0.6 is 0 Å². The summed E-state index contributed by atoms with van der Waals surface area (Å²) in [4.78, 5) is 14.9. The quantitative estimate of drug-likeness (QED) is 0.545. The number of nitrogens with zero attached hydrogens (tertiary/aromatic N) is 1. The van der Waals surface area contributed by atoms with Gasteiger partial charge in [-0.2, -0.15) is 0 Å². The highest BCUT2D eigenvalue weighted by Crippen LogP contribution is 2.03. The number of rotatable bonds is 6.